The summed E-state index contributed by atoms with van der Waals surface area (Å²) in [4.78, 5) is 7.72. The largest absolute Gasteiger partial charge is 0.311 e. The van der Waals surface area contributed by atoms with Crippen LogP contribution in [0.3, 0.4) is 0 Å². The fourth-order valence-electron chi connectivity index (χ4n) is 8.30. The number of nitrogens with zero attached hydrogens (tertiary/aromatic N) is 2. The normalized spacial score (nSPS) is 14.3. The summed E-state index contributed by atoms with van der Waals surface area (Å²) in [5.41, 5.74) is 18.3. The Balaban J connectivity index is 1.23. The van der Waals surface area contributed by atoms with Crippen LogP contribution in [0.1, 0.15) is 0 Å². The van der Waals surface area contributed by atoms with Crippen molar-refractivity contribution in [3.05, 3.63) is 158 Å². The van der Waals surface area contributed by atoms with Crippen LogP contribution in [0.25, 0.3) is 22.3 Å². The van der Waals surface area contributed by atoms with E-state index >= 15 is 0 Å². The van der Waals surface area contributed by atoms with Gasteiger partial charge in [-0.1, -0.05) is 103 Å². The van der Waals surface area contributed by atoms with E-state index < -0.39 is 0 Å². The third-order valence-corrected chi connectivity index (χ3v) is 12.9. The van der Waals surface area contributed by atoms with Gasteiger partial charge in [0.1, 0.15) is 0 Å². The molecule has 222 valence electrons. The number of hydrogen-bond donors (Lipinski definition) is 0. The van der Waals surface area contributed by atoms with E-state index in [1.54, 1.807) is 0 Å². The molecule has 48 heavy (non-hydrogen) atoms. The van der Waals surface area contributed by atoms with Gasteiger partial charge in [-0.2, -0.15) is 23.2 Å². The van der Waals surface area contributed by atoms with Crippen molar-refractivity contribution in [3.63, 3.8) is 0 Å². The molecular formula is C42H26B2N2S2. The molecule has 0 atom stereocenters. The summed E-state index contributed by atoms with van der Waals surface area (Å²) in [6.07, 6.45) is 0. The van der Waals surface area contributed by atoms with Crippen LogP contribution in [-0.2, 0) is 0 Å². The molecule has 0 saturated heterocycles. The Morgan fingerprint density at radius 1 is 0.354 bits per heavy atom. The van der Waals surface area contributed by atoms with Crippen LogP contribution in [0.15, 0.2) is 168 Å². The molecule has 0 spiro atoms. The number of para-hydroxylation sites is 2. The van der Waals surface area contributed by atoms with Gasteiger partial charge in [-0.25, -0.2) is 0 Å². The highest BCUT2D eigenvalue weighted by Gasteiger charge is 2.45. The van der Waals surface area contributed by atoms with Crippen LogP contribution < -0.4 is 31.7 Å². The summed E-state index contributed by atoms with van der Waals surface area (Å²) in [7, 11) is 0. The molecule has 0 aromatic heterocycles. The number of fused-ring (bicyclic) bond motifs is 8. The smallest absolute Gasteiger partial charge is 0.285 e. The van der Waals surface area contributed by atoms with Crippen molar-refractivity contribution in [3.8, 4) is 22.3 Å². The Hall–Kier alpha value is -5.03. The Labute approximate surface area is 289 Å². The first-order valence-electron chi connectivity index (χ1n) is 16.5. The SMILES string of the molecule is c1ccc(N2c3cc4c(cc3B3Sc5ccccc5-c5cccc2c53)B2Sc3ccccc3-c3cccc(c32)N4c2ccccc2)cc1. The first-order valence-corrected chi connectivity index (χ1v) is 18.3. The lowest BCUT2D eigenvalue weighted by Crippen LogP contribution is -2.55. The molecule has 4 heterocycles. The second kappa shape index (κ2) is 10.2. The maximum Gasteiger partial charge on any atom is 0.285 e. The van der Waals surface area contributed by atoms with E-state index in [1.165, 1.54) is 88.0 Å². The topological polar surface area (TPSA) is 6.48 Å². The zero-order valence-corrected chi connectivity index (χ0v) is 27.5. The van der Waals surface area contributed by atoms with E-state index in [2.05, 4.69) is 168 Å². The molecule has 4 aliphatic rings. The predicted molar refractivity (Wildman–Crippen MR) is 208 cm³/mol. The third kappa shape index (κ3) is 3.70. The van der Waals surface area contributed by atoms with Gasteiger partial charge in [0.25, 0.3) is 12.0 Å². The summed E-state index contributed by atoms with van der Waals surface area (Å²) in [5.74, 6) is 0.378. The van der Waals surface area contributed by atoms with Crippen molar-refractivity contribution < 1.29 is 0 Å². The molecule has 0 fully saturated rings. The van der Waals surface area contributed by atoms with Crippen LogP contribution in [-0.4, -0.2) is 12.0 Å². The molecule has 7 aromatic carbocycles. The Morgan fingerprint density at radius 2 is 0.771 bits per heavy atom. The Bertz CT molecular complexity index is 2280. The average Bonchev–Trinajstić information content (AvgIpc) is 3.15. The molecule has 11 rings (SSSR count). The average molecular weight is 644 g/mol. The minimum absolute atomic E-state index is 0.189. The van der Waals surface area contributed by atoms with E-state index in [9.17, 15) is 0 Å². The van der Waals surface area contributed by atoms with Crippen LogP contribution in [0.4, 0.5) is 34.1 Å². The molecule has 0 saturated carbocycles. The summed E-state index contributed by atoms with van der Waals surface area (Å²) >= 11 is 4.01. The van der Waals surface area contributed by atoms with Gasteiger partial charge in [0.05, 0.1) is 0 Å². The van der Waals surface area contributed by atoms with Crippen LogP contribution in [0.5, 0.6) is 0 Å². The maximum atomic E-state index is 2.58. The standard InChI is InChI=1S/C42H26B2N2S2/c1-3-13-27(14-4-1)45-35-21-11-19-31-29-17-7-9-23-39(29)47-43(41(31)35)33-25-34-38(26-37(33)45)46(28-15-5-2-6-16-28)36-22-12-20-32-30-18-8-10-24-40(30)48-44(34)42(32)36/h1-26H. The minimum Gasteiger partial charge on any atom is -0.311 e. The van der Waals surface area contributed by atoms with Crippen LogP contribution >= 0.6 is 23.2 Å². The van der Waals surface area contributed by atoms with E-state index in [1.807, 2.05) is 23.2 Å². The lowest BCUT2D eigenvalue weighted by molar-refractivity contribution is 1.26. The van der Waals surface area contributed by atoms with Gasteiger partial charge in [-0.15, -0.1) is 0 Å². The summed E-state index contributed by atoms with van der Waals surface area (Å²) in [5, 5.41) is 0. The number of rotatable bonds is 2. The first kappa shape index (κ1) is 27.0. The van der Waals surface area contributed by atoms with E-state index in [4.69, 9.17) is 0 Å². The van der Waals surface area contributed by atoms with Crippen molar-refractivity contribution in [2.45, 2.75) is 9.79 Å². The number of benzene rings is 7. The second-order valence-electron chi connectivity index (χ2n) is 12.8. The summed E-state index contributed by atoms with van der Waals surface area (Å²) in [6, 6.07) is 58.5. The highest BCUT2D eigenvalue weighted by Crippen LogP contribution is 2.50. The highest BCUT2D eigenvalue weighted by atomic mass is 32.2. The van der Waals surface area contributed by atoms with Crippen molar-refractivity contribution in [1.29, 1.82) is 0 Å². The van der Waals surface area contributed by atoms with E-state index in [-0.39, 0.29) is 12.0 Å². The fraction of sp³-hybridized carbons (Fsp3) is 0. The van der Waals surface area contributed by atoms with Crippen molar-refractivity contribution in [2.75, 3.05) is 9.80 Å². The van der Waals surface area contributed by atoms with Crippen molar-refractivity contribution >= 4 is 91.2 Å². The van der Waals surface area contributed by atoms with Gasteiger partial charge >= 0.3 is 0 Å². The minimum atomic E-state index is 0.189. The highest BCUT2D eigenvalue weighted by molar-refractivity contribution is 8.29. The quantitative estimate of drug-likeness (QED) is 0.173. The second-order valence-corrected chi connectivity index (χ2v) is 15.1. The van der Waals surface area contributed by atoms with Gasteiger partial charge in [-0.3, -0.25) is 0 Å². The number of anilines is 6. The molecule has 6 heteroatoms. The van der Waals surface area contributed by atoms with Gasteiger partial charge < -0.3 is 9.80 Å². The zero-order valence-electron chi connectivity index (χ0n) is 25.9. The molecule has 2 nitrogen and oxygen atoms in total. The van der Waals surface area contributed by atoms with Gasteiger partial charge in [0.2, 0.25) is 0 Å². The van der Waals surface area contributed by atoms with Gasteiger partial charge in [0, 0.05) is 43.9 Å². The van der Waals surface area contributed by atoms with Gasteiger partial charge in [-0.05, 0) is 98.7 Å². The van der Waals surface area contributed by atoms with Crippen LogP contribution in [0.2, 0.25) is 0 Å². The first-order chi connectivity index (χ1) is 23.8. The third-order valence-electron chi connectivity index (χ3n) is 10.3. The van der Waals surface area contributed by atoms with Crippen LogP contribution in [0, 0.1) is 0 Å². The maximum absolute atomic E-state index is 2.58. The lowest BCUT2D eigenvalue weighted by atomic mass is 9.51. The summed E-state index contributed by atoms with van der Waals surface area (Å²) in [6.45, 7) is 0. The van der Waals surface area contributed by atoms with Crippen molar-refractivity contribution in [1.82, 2.24) is 0 Å². The molecule has 7 aromatic rings. The molecule has 0 amide bonds. The molecule has 0 radical (unpaired) electrons. The zero-order chi connectivity index (χ0) is 31.3. The Morgan fingerprint density at radius 3 is 1.25 bits per heavy atom. The fourth-order valence-corrected chi connectivity index (χ4v) is 11.1. The molecule has 4 aliphatic heterocycles. The monoisotopic (exact) mass is 644 g/mol. The molecule has 0 unspecified atom stereocenters. The number of hydrogen-bond acceptors (Lipinski definition) is 4. The molecule has 0 N–H and O–H groups in total. The van der Waals surface area contributed by atoms with E-state index in [0.717, 1.165) is 0 Å². The van der Waals surface area contributed by atoms with E-state index in [0.29, 0.717) is 0 Å². The Kier molecular flexibility index (Phi) is 5.75. The summed E-state index contributed by atoms with van der Waals surface area (Å²) < 4.78 is 0. The van der Waals surface area contributed by atoms with Gasteiger partial charge in [0.15, 0.2) is 0 Å². The molecule has 0 bridgehead atoms. The predicted octanol–water partition coefficient (Wildman–Crippen LogP) is 9.01. The molecule has 0 aliphatic carbocycles. The molecular weight excluding hydrogens is 618 g/mol. The lowest BCUT2D eigenvalue weighted by Gasteiger charge is -2.44. The van der Waals surface area contributed by atoms with Crippen molar-refractivity contribution in [2.24, 2.45) is 0 Å².